The number of nitrogens with one attached hydrogen (secondary N) is 1. The largest absolute Gasteiger partial charge is 0.465 e. The Morgan fingerprint density at radius 2 is 1.74 bits per heavy atom. The van der Waals surface area contributed by atoms with E-state index >= 15 is 0 Å². The minimum atomic E-state index is -0.163. The van der Waals surface area contributed by atoms with E-state index in [0.29, 0.717) is 38.0 Å². The molecule has 1 aliphatic rings. The van der Waals surface area contributed by atoms with Gasteiger partial charge in [0.2, 0.25) is 0 Å². The molecule has 2 heterocycles. The van der Waals surface area contributed by atoms with Gasteiger partial charge in [0, 0.05) is 19.1 Å². The van der Waals surface area contributed by atoms with Gasteiger partial charge in [-0.05, 0) is 37.5 Å². The summed E-state index contributed by atoms with van der Waals surface area (Å²) in [6.07, 6.45) is 1.78. The number of benzene rings is 2. The van der Waals surface area contributed by atoms with Crippen LogP contribution in [0.1, 0.15) is 18.9 Å². The van der Waals surface area contributed by atoms with Gasteiger partial charge in [0.15, 0.2) is 12.4 Å². The van der Waals surface area contributed by atoms with E-state index in [1.165, 1.54) is 5.56 Å². The minimum Gasteiger partial charge on any atom is -0.465 e. The van der Waals surface area contributed by atoms with E-state index in [-0.39, 0.29) is 18.6 Å². The summed E-state index contributed by atoms with van der Waals surface area (Å²) in [6.45, 7) is 4.61. The number of fused-ring (bicyclic) bond motifs is 1. The van der Waals surface area contributed by atoms with E-state index in [4.69, 9.17) is 14.5 Å². The first-order valence-corrected chi connectivity index (χ1v) is 10.7. The van der Waals surface area contributed by atoms with Crippen molar-refractivity contribution >= 4 is 22.8 Å². The van der Waals surface area contributed by atoms with Gasteiger partial charge < -0.3 is 19.7 Å². The second kappa shape index (κ2) is 10.2. The van der Waals surface area contributed by atoms with Gasteiger partial charge in [-0.2, -0.15) is 0 Å². The molecule has 0 unspecified atom stereocenters. The van der Waals surface area contributed by atoms with Crippen molar-refractivity contribution in [3.8, 4) is 5.88 Å². The fraction of sp³-hybridized carbons (Fsp3) is 0.375. The average Bonchev–Trinajstić information content (AvgIpc) is 2.82. The smallest absolute Gasteiger partial charge is 0.258 e. The third-order valence-corrected chi connectivity index (χ3v) is 5.29. The van der Waals surface area contributed by atoms with Gasteiger partial charge in [0.25, 0.3) is 11.8 Å². The Hall–Kier alpha value is -3.19. The summed E-state index contributed by atoms with van der Waals surface area (Å²) in [5, 5.41) is 3.01. The van der Waals surface area contributed by atoms with Crippen LogP contribution in [0.2, 0.25) is 0 Å². The normalized spacial score (nSPS) is 14.9. The molecule has 0 saturated carbocycles. The molecule has 1 aromatic heterocycles. The molecule has 3 aromatic rings. The minimum absolute atomic E-state index is 0.0534. The first-order valence-electron chi connectivity index (χ1n) is 10.7. The highest BCUT2D eigenvalue weighted by Gasteiger charge is 2.20. The predicted molar refractivity (Wildman–Crippen MR) is 120 cm³/mol. The molecule has 2 aromatic carbocycles. The molecule has 1 N–H and O–H groups in total. The van der Waals surface area contributed by atoms with Crippen LogP contribution >= 0.6 is 0 Å². The summed E-state index contributed by atoms with van der Waals surface area (Å²) < 4.78 is 11.3. The monoisotopic (exact) mass is 420 g/mol. The van der Waals surface area contributed by atoms with Crippen molar-refractivity contribution in [3.63, 3.8) is 0 Å². The number of ether oxygens (including phenoxy) is 2. The van der Waals surface area contributed by atoms with Crippen LogP contribution in [0.5, 0.6) is 5.88 Å². The summed E-state index contributed by atoms with van der Waals surface area (Å²) >= 11 is 0. The third kappa shape index (κ3) is 5.70. The maximum Gasteiger partial charge on any atom is 0.258 e. The van der Waals surface area contributed by atoms with Crippen molar-refractivity contribution in [1.82, 2.24) is 15.3 Å². The molecule has 0 bridgehead atoms. The first-order chi connectivity index (χ1) is 15.2. The molecule has 7 heteroatoms. The summed E-state index contributed by atoms with van der Waals surface area (Å²) in [5.41, 5.74) is 2.81. The quantitative estimate of drug-likeness (QED) is 0.604. The van der Waals surface area contributed by atoms with Crippen LogP contribution in [0.4, 0.5) is 5.82 Å². The van der Waals surface area contributed by atoms with E-state index < -0.39 is 0 Å². The number of carbonyl (C=O) groups excluding carboxylic acids is 1. The SMILES string of the molecule is C[C@@H](CCc1ccccc1)NC(=O)COc1nc2ccccc2nc1N1CCOCC1. The standard InChI is InChI=1S/C24H28N4O3/c1-18(11-12-19-7-3-2-4-8-19)25-22(29)17-31-24-23(28-13-15-30-16-14-28)26-20-9-5-6-10-21(20)27-24/h2-10,18H,11-17H2,1H3,(H,25,29)/t18-/m0/s1. The molecule has 1 fully saturated rings. The number of aromatic nitrogens is 2. The number of para-hydroxylation sites is 2. The van der Waals surface area contributed by atoms with Gasteiger partial charge >= 0.3 is 0 Å². The Balaban J connectivity index is 1.38. The van der Waals surface area contributed by atoms with Gasteiger partial charge in [-0.15, -0.1) is 0 Å². The lowest BCUT2D eigenvalue weighted by Gasteiger charge is -2.28. The maximum absolute atomic E-state index is 12.5. The molecular formula is C24H28N4O3. The molecule has 1 saturated heterocycles. The summed E-state index contributed by atoms with van der Waals surface area (Å²) in [5.74, 6) is 0.878. The molecule has 7 nitrogen and oxygen atoms in total. The van der Waals surface area contributed by atoms with Crippen LogP contribution in [0.25, 0.3) is 11.0 Å². The molecule has 0 aliphatic carbocycles. The molecule has 1 amide bonds. The lowest BCUT2D eigenvalue weighted by atomic mass is 10.1. The van der Waals surface area contributed by atoms with E-state index in [1.807, 2.05) is 49.4 Å². The van der Waals surface area contributed by atoms with Crippen LogP contribution in [-0.2, 0) is 16.0 Å². The maximum atomic E-state index is 12.5. The lowest BCUT2D eigenvalue weighted by molar-refractivity contribution is -0.123. The zero-order valence-corrected chi connectivity index (χ0v) is 17.8. The van der Waals surface area contributed by atoms with Crippen LogP contribution < -0.4 is 15.0 Å². The van der Waals surface area contributed by atoms with E-state index in [2.05, 4.69) is 27.3 Å². The van der Waals surface area contributed by atoms with Crippen molar-refractivity contribution in [1.29, 1.82) is 0 Å². The van der Waals surface area contributed by atoms with Gasteiger partial charge in [-0.25, -0.2) is 9.97 Å². The highest BCUT2D eigenvalue weighted by atomic mass is 16.5. The Kier molecular flexibility index (Phi) is 6.94. The number of amides is 1. The highest BCUT2D eigenvalue weighted by Crippen LogP contribution is 2.27. The molecule has 31 heavy (non-hydrogen) atoms. The summed E-state index contributed by atoms with van der Waals surface area (Å²) in [7, 11) is 0. The first kappa shape index (κ1) is 21.1. The topological polar surface area (TPSA) is 76.6 Å². The van der Waals surface area contributed by atoms with Gasteiger partial charge in [-0.1, -0.05) is 42.5 Å². The van der Waals surface area contributed by atoms with Crippen molar-refractivity contribution in [3.05, 3.63) is 60.2 Å². The Morgan fingerprint density at radius 1 is 1.06 bits per heavy atom. The van der Waals surface area contributed by atoms with Crippen LogP contribution in [-0.4, -0.2) is 54.8 Å². The molecular weight excluding hydrogens is 392 g/mol. The molecule has 1 atom stereocenters. The van der Waals surface area contributed by atoms with Crippen molar-refractivity contribution < 1.29 is 14.3 Å². The number of aryl methyl sites for hydroxylation is 1. The molecule has 162 valence electrons. The number of hydrogen-bond donors (Lipinski definition) is 1. The molecule has 4 rings (SSSR count). The van der Waals surface area contributed by atoms with Gasteiger partial charge in [0.1, 0.15) is 0 Å². The van der Waals surface area contributed by atoms with Crippen molar-refractivity contribution in [2.24, 2.45) is 0 Å². The number of nitrogens with zero attached hydrogens (tertiary/aromatic N) is 3. The summed E-state index contributed by atoms with van der Waals surface area (Å²) in [6, 6.07) is 18.0. The Morgan fingerprint density at radius 3 is 2.48 bits per heavy atom. The van der Waals surface area contributed by atoms with Gasteiger partial charge in [0.05, 0.1) is 24.2 Å². The number of morpholine rings is 1. The molecule has 0 spiro atoms. The number of hydrogen-bond acceptors (Lipinski definition) is 6. The zero-order chi connectivity index (χ0) is 21.5. The van der Waals surface area contributed by atoms with Crippen molar-refractivity contribution in [2.75, 3.05) is 37.8 Å². The molecule has 0 radical (unpaired) electrons. The summed E-state index contributed by atoms with van der Waals surface area (Å²) in [4.78, 5) is 23.9. The van der Waals surface area contributed by atoms with Crippen molar-refractivity contribution in [2.45, 2.75) is 25.8 Å². The van der Waals surface area contributed by atoms with Crippen LogP contribution in [0, 0.1) is 0 Å². The Bertz CT molecular complexity index is 1010. The van der Waals surface area contributed by atoms with E-state index in [9.17, 15) is 4.79 Å². The van der Waals surface area contributed by atoms with Crippen LogP contribution in [0.3, 0.4) is 0 Å². The highest BCUT2D eigenvalue weighted by molar-refractivity contribution is 5.79. The van der Waals surface area contributed by atoms with E-state index in [0.717, 1.165) is 23.9 Å². The number of anilines is 1. The number of carbonyl (C=O) groups is 1. The Labute approximate surface area is 182 Å². The van der Waals surface area contributed by atoms with Crippen LogP contribution in [0.15, 0.2) is 54.6 Å². The number of rotatable bonds is 8. The fourth-order valence-corrected chi connectivity index (χ4v) is 3.60. The second-order valence-electron chi connectivity index (χ2n) is 7.72. The fourth-order valence-electron chi connectivity index (χ4n) is 3.60. The zero-order valence-electron chi connectivity index (χ0n) is 17.8. The predicted octanol–water partition coefficient (Wildman–Crippen LogP) is 2.98. The lowest BCUT2D eigenvalue weighted by Crippen LogP contribution is -2.38. The second-order valence-corrected chi connectivity index (χ2v) is 7.72. The third-order valence-electron chi connectivity index (χ3n) is 5.29. The molecule has 1 aliphatic heterocycles. The average molecular weight is 421 g/mol. The van der Waals surface area contributed by atoms with E-state index in [1.54, 1.807) is 0 Å². The van der Waals surface area contributed by atoms with Gasteiger partial charge in [-0.3, -0.25) is 4.79 Å².